The molecule has 2 aromatic rings. The zero-order valence-corrected chi connectivity index (χ0v) is 20.2. The molecule has 7 heteroatoms. The molecule has 0 saturated heterocycles. The Kier molecular flexibility index (Phi) is 7.82. The molecule has 0 unspecified atom stereocenters. The number of nitrogens with one attached hydrogen (secondary N) is 1. The maximum Gasteiger partial charge on any atom is 0.244 e. The maximum absolute atomic E-state index is 13.4. The Bertz CT molecular complexity index is 1050. The predicted octanol–water partition coefficient (Wildman–Crippen LogP) is 4.39. The summed E-state index contributed by atoms with van der Waals surface area (Å²) in [5, 5.41) is 3.12. The zero-order valence-electron chi connectivity index (χ0n) is 19.4. The molecule has 1 amide bonds. The molecule has 0 heterocycles. The molecular formula is C25H34N2O4S. The van der Waals surface area contributed by atoms with E-state index in [1.165, 1.54) is 35.4 Å². The summed E-state index contributed by atoms with van der Waals surface area (Å²) in [6, 6.07) is 12.2. The van der Waals surface area contributed by atoms with Crippen molar-refractivity contribution >= 4 is 21.6 Å². The van der Waals surface area contributed by atoms with Crippen molar-refractivity contribution in [3.63, 3.8) is 0 Å². The lowest BCUT2D eigenvalue weighted by atomic mass is 9.88. The number of hydrogen-bond acceptors (Lipinski definition) is 4. The van der Waals surface area contributed by atoms with E-state index in [1.54, 1.807) is 24.3 Å². The number of hydrogen-bond donors (Lipinski definition) is 1. The summed E-state index contributed by atoms with van der Waals surface area (Å²) >= 11 is 0. The maximum atomic E-state index is 13.4. The smallest absolute Gasteiger partial charge is 0.244 e. The van der Waals surface area contributed by atoms with Crippen molar-refractivity contribution in [3.8, 4) is 5.75 Å². The fraction of sp³-hybridized carbons (Fsp3) is 0.480. The number of sulfonamides is 1. The highest BCUT2D eigenvalue weighted by Crippen LogP contribution is 2.29. The molecule has 0 fully saturated rings. The van der Waals surface area contributed by atoms with E-state index in [9.17, 15) is 13.2 Å². The van der Waals surface area contributed by atoms with Crippen LogP contribution in [0.4, 0.5) is 5.69 Å². The number of methoxy groups -OCH3 is 1. The first-order valence-electron chi connectivity index (χ1n) is 11.3. The highest BCUT2D eigenvalue weighted by molar-refractivity contribution is 7.92. The van der Waals surface area contributed by atoms with Crippen LogP contribution in [0.15, 0.2) is 42.5 Å². The number of fused-ring (bicyclic) bond motifs is 1. The predicted molar refractivity (Wildman–Crippen MR) is 129 cm³/mol. The van der Waals surface area contributed by atoms with Crippen LogP contribution in [0.2, 0.25) is 0 Å². The summed E-state index contributed by atoms with van der Waals surface area (Å²) in [6.45, 7) is 3.85. The molecule has 6 nitrogen and oxygen atoms in total. The Balaban J connectivity index is 1.88. The molecular weight excluding hydrogens is 424 g/mol. The fourth-order valence-corrected chi connectivity index (χ4v) is 5.67. The molecule has 0 aromatic heterocycles. The van der Waals surface area contributed by atoms with Crippen LogP contribution in [0.1, 0.15) is 62.3 Å². The summed E-state index contributed by atoms with van der Waals surface area (Å²) in [6.07, 6.45) is 6.80. The van der Waals surface area contributed by atoms with Crippen LogP contribution < -0.4 is 14.4 Å². The first kappa shape index (κ1) is 24.1. The van der Waals surface area contributed by atoms with Crippen LogP contribution in [0.25, 0.3) is 0 Å². The summed E-state index contributed by atoms with van der Waals surface area (Å²) in [5.41, 5.74) is 4.25. The van der Waals surface area contributed by atoms with Crippen LogP contribution in [-0.4, -0.2) is 33.7 Å². The Morgan fingerprint density at radius 2 is 1.78 bits per heavy atom. The number of carbonyl (C=O) groups is 1. The van der Waals surface area contributed by atoms with Crippen molar-refractivity contribution in [1.29, 1.82) is 0 Å². The van der Waals surface area contributed by atoms with Gasteiger partial charge in [-0.15, -0.1) is 0 Å². The van der Waals surface area contributed by atoms with Gasteiger partial charge < -0.3 is 10.1 Å². The molecule has 0 bridgehead atoms. The molecule has 1 aliphatic rings. The molecule has 0 aliphatic heterocycles. The number of nitrogens with zero attached hydrogens (tertiary/aromatic N) is 1. The highest BCUT2D eigenvalue weighted by atomic mass is 32.2. The van der Waals surface area contributed by atoms with E-state index >= 15 is 0 Å². The van der Waals surface area contributed by atoms with Crippen LogP contribution in [0.3, 0.4) is 0 Å². The molecule has 0 spiro atoms. The molecule has 1 aliphatic carbocycles. The van der Waals surface area contributed by atoms with Gasteiger partial charge in [-0.05, 0) is 67.3 Å². The lowest BCUT2D eigenvalue weighted by Gasteiger charge is -2.32. The zero-order chi connectivity index (χ0) is 23.3. The molecule has 0 radical (unpaired) electrons. The normalized spacial score (nSPS) is 15.4. The summed E-state index contributed by atoms with van der Waals surface area (Å²) in [4.78, 5) is 13.4. The van der Waals surface area contributed by atoms with Gasteiger partial charge in [0, 0.05) is 6.07 Å². The third kappa shape index (κ3) is 5.44. The van der Waals surface area contributed by atoms with Gasteiger partial charge in [-0.1, -0.05) is 38.1 Å². The molecule has 2 atom stereocenters. The van der Waals surface area contributed by atoms with Gasteiger partial charge in [-0.25, -0.2) is 8.42 Å². The lowest BCUT2D eigenvalue weighted by Crippen LogP contribution is -2.50. The van der Waals surface area contributed by atoms with Crippen molar-refractivity contribution in [2.24, 2.45) is 0 Å². The van der Waals surface area contributed by atoms with E-state index in [-0.39, 0.29) is 11.9 Å². The Morgan fingerprint density at radius 3 is 2.41 bits per heavy atom. The first-order valence-corrected chi connectivity index (χ1v) is 13.2. The van der Waals surface area contributed by atoms with E-state index in [0.717, 1.165) is 31.1 Å². The number of carbonyl (C=O) groups excluding carboxylic acids is 1. The lowest BCUT2D eigenvalue weighted by molar-refractivity contribution is -0.123. The third-order valence-corrected chi connectivity index (χ3v) is 7.32. The van der Waals surface area contributed by atoms with Gasteiger partial charge >= 0.3 is 0 Å². The van der Waals surface area contributed by atoms with Crippen molar-refractivity contribution in [1.82, 2.24) is 5.32 Å². The van der Waals surface area contributed by atoms with Gasteiger partial charge in [-0.3, -0.25) is 9.10 Å². The molecule has 174 valence electrons. The minimum Gasteiger partial charge on any atom is -0.497 e. The molecule has 3 rings (SSSR count). The van der Waals surface area contributed by atoms with Gasteiger partial charge in [0.1, 0.15) is 11.8 Å². The van der Waals surface area contributed by atoms with Gasteiger partial charge in [0.2, 0.25) is 15.9 Å². The molecule has 0 saturated carbocycles. The number of ether oxygens (including phenoxy) is 1. The van der Waals surface area contributed by atoms with E-state index in [2.05, 4.69) is 23.5 Å². The Hall–Kier alpha value is -2.54. The van der Waals surface area contributed by atoms with E-state index in [4.69, 9.17) is 4.74 Å². The third-order valence-electron chi connectivity index (χ3n) is 6.14. The second kappa shape index (κ2) is 10.4. The molecule has 2 aromatic carbocycles. The number of benzene rings is 2. The first-order chi connectivity index (χ1) is 15.3. The van der Waals surface area contributed by atoms with Crippen molar-refractivity contribution < 1.29 is 17.9 Å². The number of aryl methyl sites for hydroxylation is 2. The largest absolute Gasteiger partial charge is 0.497 e. The summed E-state index contributed by atoms with van der Waals surface area (Å²) in [5.74, 6) is 0.234. The van der Waals surface area contributed by atoms with Crippen LogP contribution in [0.5, 0.6) is 5.75 Å². The highest BCUT2D eigenvalue weighted by Gasteiger charge is 2.32. The number of rotatable bonds is 9. The van der Waals surface area contributed by atoms with E-state index in [0.29, 0.717) is 17.9 Å². The average Bonchev–Trinajstić information content (AvgIpc) is 2.79. The van der Waals surface area contributed by atoms with Crippen LogP contribution in [0, 0.1) is 0 Å². The van der Waals surface area contributed by atoms with Crippen LogP contribution >= 0.6 is 0 Å². The summed E-state index contributed by atoms with van der Waals surface area (Å²) in [7, 11) is -2.18. The average molecular weight is 459 g/mol. The number of anilines is 1. The van der Waals surface area contributed by atoms with E-state index < -0.39 is 16.1 Å². The summed E-state index contributed by atoms with van der Waals surface area (Å²) < 4.78 is 31.9. The van der Waals surface area contributed by atoms with Crippen molar-refractivity contribution in [3.05, 3.63) is 59.2 Å². The monoisotopic (exact) mass is 458 g/mol. The minimum absolute atomic E-state index is 0.171. The molecule has 1 N–H and O–H groups in total. The Labute approximate surface area is 192 Å². The van der Waals surface area contributed by atoms with Crippen molar-refractivity contribution in [2.45, 2.75) is 64.5 Å². The van der Waals surface area contributed by atoms with Gasteiger partial charge in [-0.2, -0.15) is 0 Å². The minimum atomic E-state index is -3.70. The SMILES string of the molecule is CC[C@H](C(=O)N[C@H](CC)c1ccc2c(c1)CCCC2)N(c1cccc(OC)c1)S(C)(=O)=O. The quantitative estimate of drug-likeness (QED) is 0.605. The van der Waals surface area contributed by atoms with Crippen LogP contribution in [-0.2, 0) is 27.7 Å². The topological polar surface area (TPSA) is 75.7 Å². The van der Waals surface area contributed by atoms with Gasteiger partial charge in [0.25, 0.3) is 0 Å². The number of amides is 1. The standard InChI is InChI=1S/C25H34N2O4S/c1-5-23(20-15-14-18-10-7-8-11-19(18)16-20)26-25(28)24(6-2)27(32(4,29)30)21-12-9-13-22(17-21)31-3/h9,12-17,23-24H,5-8,10-11H2,1-4H3,(H,26,28)/t23-,24-/m1/s1. The Morgan fingerprint density at radius 1 is 1.06 bits per heavy atom. The molecule has 32 heavy (non-hydrogen) atoms. The van der Waals surface area contributed by atoms with Gasteiger partial charge in [0.05, 0.1) is 25.1 Å². The fourth-order valence-electron chi connectivity index (χ4n) is 4.47. The second-order valence-corrected chi connectivity index (χ2v) is 10.2. The second-order valence-electron chi connectivity index (χ2n) is 8.39. The van der Waals surface area contributed by atoms with Crippen molar-refractivity contribution in [2.75, 3.05) is 17.7 Å². The van der Waals surface area contributed by atoms with Gasteiger partial charge in [0.15, 0.2) is 0 Å². The van der Waals surface area contributed by atoms with E-state index in [1.807, 2.05) is 13.8 Å².